The van der Waals surface area contributed by atoms with E-state index in [0.717, 1.165) is 6.42 Å². The molecular formula is C16H25N3O3. The summed E-state index contributed by atoms with van der Waals surface area (Å²) in [6.45, 7) is 5.95. The van der Waals surface area contributed by atoms with Gasteiger partial charge in [-0.25, -0.2) is 9.78 Å². The zero-order chi connectivity index (χ0) is 16.6. The van der Waals surface area contributed by atoms with Crippen LogP contribution in [0.3, 0.4) is 0 Å². The molecule has 0 aliphatic rings. The molecule has 6 nitrogen and oxygen atoms in total. The number of carbonyl (C=O) groups is 2. The van der Waals surface area contributed by atoms with Gasteiger partial charge in [0.2, 0.25) is 0 Å². The Morgan fingerprint density at radius 3 is 2.64 bits per heavy atom. The van der Waals surface area contributed by atoms with Crippen LogP contribution in [0.2, 0.25) is 0 Å². The molecule has 0 atom stereocenters. The summed E-state index contributed by atoms with van der Waals surface area (Å²) in [6, 6.07) is 3.51. The predicted molar refractivity (Wildman–Crippen MR) is 86.2 cm³/mol. The monoisotopic (exact) mass is 307 g/mol. The second-order valence-corrected chi connectivity index (χ2v) is 5.96. The van der Waals surface area contributed by atoms with Gasteiger partial charge in [-0.15, -0.1) is 0 Å². The zero-order valence-electron chi connectivity index (χ0n) is 13.7. The summed E-state index contributed by atoms with van der Waals surface area (Å²) in [6.07, 6.45) is 3.07. The third kappa shape index (κ3) is 6.56. The highest BCUT2D eigenvalue weighted by atomic mass is 16.6. The van der Waals surface area contributed by atoms with E-state index in [4.69, 9.17) is 4.74 Å². The first-order valence-electron chi connectivity index (χ1n) is 7.46. The molecule has 0 aliphatic carbocycles. The minimum atomic E-state index is -0.496. The maximum absolute atomic E-state index is 12.1. The van der Waals surface area contributed by atoms with Crippen LogP contribution in [0.4, 0.5) is 10.6 Å². The molecule has 0 saturated heterocycles. The number of amides is 1. The minimum absolute atomic E-state index is 0.0507. The lowest BCUT2D eigenvalue weighted by atomic mass is 10.1. The molecule has 22 heavy (non-hydrogen) atoms. The molecule has 1 rings (SSSR count). The molecule has 1 amide bonds. The summed E-state index contributed by atoms with van der Waals surface area (Å²) < 4.78 is 5.13. The summed E-state index contributed by atoms with van der Waals surface area (Å²) in [4.78, 5) is 27.7. The Morgan fingerprint density at radius 2 is 2.00 bits per heavy atom. The van der Waals surface area contributed by atoms with Gasteiger partial charge in [-0.05, 0) is 45.7 Å². The number of hydrogen-bond donors (Lipinski definition) is 2. The number of hydrogen-bond acceptors (Lipinski definition) is 5. The van der Waals surface area contributed by atoms with E-state index in [0.29, 0.717) is 30.8 Å². The third-order valence-corrected chi connectivity index (χ3v) is 2.84. The highest BCUT2D eigenvalue weighted by molar-refractivity contribution is 6.00. The quantitative estimate of drug-likeness (QED) is 0.598. The van der Waals surface area contributed by atoms with Gasteiger partial charge in [0.25, 0.3) is 0 Å². The maximum Gasteiger partial charge on any atom is 0.407 e. The van der Waals surface area contributed by atoms with Gasteiger partial charge in [-0.2, -0.15) is 0 Å². The second kappa shape index (κ2) is 8.36. The van der Waals surface area contributed by atoms with Crippen LogP contribution in [0.15, 0.2) is 18.3 Å². The van der Waals surface area contributed by atoms with Crippen LogP contribution in [0.5, 0.6) is 0 Å². The number of alkyl carbamates (subject to hydrolysis) is 1. The summed E-state index contributed by atoms with van der Waals surface area (Å²) in [7, 11) is 1.74. The largest absolute Gasteiger partial charge is 0.444 e. The highest BCUT2D eigenvalue weighted by Crippen LogP contribution is 2.14. The first-order chi connectivity index (χ1) is 10.3. The number of rotatable bonds is 7. The molecule has 122 valence electrons. The first-order valence-corrected chi connectivity index (χ1v) is 7.46. The van der Waals surface area contributed by atoms with Gasteiger partial charge < -0.3 is 15.4 Å². The van der Waals surface area contributed by atoms with Gasteiger partial charge in [-0.1, -0.05) is 0 Å². The molecular weight excluding hydrogens is 282 g/mol. The van der Waals surface area contributed by atoms with Crippen molar-refractivity contribution < 1.29 is 14.3 Å². The van der Waals surface area contributed by atoms with E-state index in [2.05, 4.69) is 15.6 Å². The Morgan fingerprint density at radius 1 is 1.27 bits per heavy atom. The summed E-state index contributed by atoms with van der Waals surface area (Å²) >= 11 is 0. The standard InChI is InChI=1S/C16H25N3O3/c1-16(2,3)22-15(21)19-10-6-5-9-13(20)12-8-7-11-18-14(12)17-4/h7-8,11H,5-6,9-10H2,1-4H3,(H,17,18)(H,19,21). The number of carbonyl (C=O) groups excluding carboxylic acids is 2. The van der Waals surface area contributed by atoms with E-state index >= 15 is 0 Å². The Balaban J connectivity index is 2.27. The van der Waals surface area contributed by atoms with Crippen molar-refractivity contribution in [3.05, 3.63) is 23.9 Å². The second-order valence-electron chi connectivity index (χ2n) is 5.96. The summed E-state index contributed by atoms with van der Waals surface area (Å²) in [5, 5.41) is 5.59. The topological polar surface area (TPSA) is 80.3 Å². The van der Waals surface area contributed by atoms with E-state index < -0.39 is 11.7 Å². The van der Waals surface area contributed by atoms with Crippen molar-refractivity contribution in [1.29, 1.82) is 0 Å². The molecule has 1 aromatic heterocycles. The molecule has 0 bridgehead atoms. The highest BCUT2D eigenvalue weighted by Gasteiger charge is 2.15. The fourth-order valence-electron chi connectivity index (χ4n) is 1.88. The lowest BCUT2D eigenvalue weighted by molar-refractivity contribution is 0.0527. The maximum atomic E-state index is 12.1. The molecule has 6 heteroatoms. The van der Waals surface area contributed by atoms with E-state index in [1.807, 2.05) is 20.8 Å². The first kappa shape index (κ1) is 17.9. The molecule has 0 saturated carbocycles. The lowest BCUT2D eigenvalue weighted by Crippen LogP contribution is -2.33. The van der Waals surface area contributed by atoms with Crippen molar-refractivity contribution in [1.82, 2.24) is 10.3 Å². The predicted octanol–water partition coefficient (Wildman–Crippen LogP) is 3.00. The minimum Gasteiger partial charge on any atom is -0.444 e. The number of pyridine rings is 1. The van der Waals surface area contributed by atoms with Gasteiger partial charge in [0, 0.05) is 26.2 Å². The van der Waals surface area contributed by atoms with Crippen LogP contribution >= 0.6 is 0 Å². The molecule has 0 aromatic carbocycles. The van der Waals surface area contributed by atoms with Crippen molar-refractivity contribution >= 4 is 17.7 Å². The van der Waals surface area contributed by atoms with Crippen LogP contribution in [0.1, 0.15) is 50.4 Å². The molecule has 0 radical (unpaired) electrons. The molecule has 0 unspecified atom stereocenters. The van der Waals surface area contributed by atoms with Crippen LogP contribution in [-0.4, -0.2) is 36.1 Å². The van der Waals surface area contributed by atoms with Crippen LogP contribution in [-0.2, 0) is 4.74 Å². The van der Waals surface area contributed by atoms with Crippen molar-refractivity contribution in [3.63, 3.8) is 0 Å². The van der Waals surface area contributed by atoms with E-state index in [-0.39, 0.29) is 5.78 Å². The number of Topliss-reactive ketones (excluding diaryl/α,β-unsaturated/α-hetero) is 1. The summed E-state index contributed by atoms with van der Waals surface area (Å²) in [5.74, 6) is 0.647. The number of unbranched alkanes of at least 4 members (excludes halogenated alkanes) is 1. The smallest absolute Gasteiger partial charge is 0.407 e. The van der Waals surface area contributed by atoms with Crippen molar-refractivity contribution in [3.8, 4) is 0 Å². The van der Waals surface area contributed by atoms with Crippen LogP contribution < -0.4 is 10.6 Å². The van der Waals surface area contributed by atoms with Gasteiger partial charge in [0.1, 0.15) is 11.4 Å². The fraction of sp³-hybridized carbons (Fsp3) is 0.562. The van der Waals surface area contributed by atoms with E-state index in [1.54, 1.807) is 25.4 Å². The zero-order valence-corrected chi connectivity index (χ0v) is 13.7. The molecule has 2 N–H and O–H groups in total. The molecule has 0 aliphatic heterocycles. The van der Waals surface area contributed by atoms with Crippen LogP contribution in [0, 0.1) is 0 Å². The van der Waals surface area contributed by atoms with Gasteiger partial charge in [0.05, 0.1) is 5.56 Å². The summed E-state index contributed by atoms with van der Waals surface area (Å²) in [5.41, 5.74) is 0.106. The average molecular weight is 307 g/mol. The average Bonchev–Trinajstić information content (AvgIpc) is 2.44. The molecule has 1 heterocycles. The fourth-order valence-corrected chi connectivity index (χ4v) is 1.88. The third-order valence-electron chi connectivity index (χ3n) is 2.84. The van der Waals surface area contributed by atoms with Gasteiger partial charge >= 0.3 is 6.09 Å². The van der Waals surface area contributed by atoms with Gasteiger partial charge in [-0.3, -0.25) is 4.79 Å². The Kier molecular flexibility index (Phi) is 6.82. The SMILES string of the molecule is CNc1ncccc1C(=O)CCCCNC(=O)OC(C)(C)C. The lowest BCUT2D eigenvalue weighted by Gasteiger charge is -2.19. The molecule has 0 fully saturated rings. The normalized spacial score (nSPS) is 10.9. The molecule has 0 spiro atoms. The number of anilines is 1. The number of nitrogens with one attached hydrogen (secondary N) is 2. The molecule has 1 aromatic rings. The van der Waals surface area contributed by atoms with Crippen LogP contribution in [0.25, 0.3) is 0 Å². The van der Waals surface area contributed by atoms with Gasteiger partial charge in [0.15, 0.2) is 5.78 Å². The Bertz CT molecular complexity index is 510. The number of nitrogens with zero attached hydrogens (tertiary/aromatic N) is 1. The van der Waals surface area contributed by atoms with E-state index in [1.165, 1.54) is 0 Å². The Labute approximate surface area is 131 Å². The van der Waals surface area contributed by atoms with E-state index in [9.17, 15) is 9.59 Å². The number of ether oxygens (including phenoxy) is 1. The Hall–Kier alpha value is -2.11. The van der Waals surface area contributed by atoms with Crippen molar-refractivity contribution in [2.24, 2.45) is 0 Å². The number of ketones is 1. The van der Waals surface area contributed by atoms with Crippen molar-refractivity contribution in [2.45, 2.75) is 45.6 Å². The van der Waals surface area contributed by atoms with Crippen molar-refractivity contribution in [2.75, 3.05) is 18.9 Å². The number of aromatic nitrogens is 1.